The van der Waals surface area contributed by atoms with Crippen LogP contribution in [-0.2, 0) is 4.74 Å². The van der Waals surface area contributed by atoms with Gasteiger partial charge >= 0.3 is 0 Å². The first kappa shape index (κ1) is 12.8. The molecular weight excluding hydrogens is 241 g/mol. The fourth-order valence-electron chi connectivity index (χ4n) is 3.31. The molecule has 1 aliphatic heterocycles. The van der Waals surface area contributed by atoms with Crippen molar-refractivity contribution in [2.24, 2.45) is 5.73 Å². The van der Waals surface area contributed by atoms with Crippen molar-refractivity contribution < 1.29 is 9.13 Å². The van der Waals surface area contributed by atoms with Gasteiger partial charge < -0.3 is 10.5 Å². The summed E-state index contributed by atoms with van der Waals surface area (Å²) in [6, 6.07) is 6.75. The summed E-state index contributed by atoms with van der Waals surface area (Å²) in [6.07, 6.45) is 5.68. The van der Waals surface area contributed by atoms with Crippen LogP contribution in [-0.4, -0.2) is 18.8 Å². The van der Waals surface area contributed by atoms with Crippen LogP contribution in [0.2, 0.25) is 0 Å². The van der Waals surface area contributed by atoms with Crippen molar-refractivity contribution in [3.63, 3.8) is 0 Å². The zero-order chi connectivity index (χ0) is 13.3. The molecular formula is C16H20FNO. The lowest BCUT2D eigenvalue weighted by Crippen LogP contribution is -2.35. The first-order valence-corrected chi connectivity index (χ1v) is 7.03. The maximum absolute atomic E-state index is 13.1. The monoisotopic (exact) mass is 261 g/mol. The van der Waals surface area contributed by atoms with Crippen molar-refractivity contribution in [3.05, 3.63) is 41.2 Å². The molecule has 1 aromatic carbocycles. The van der Waals surface area contributed by atoms with Gasteiger partial charge in [0, 0.05) is 13.0 Å². The molecule has 0 atom stereocenters. The van der Waals surface area contributed by atoms with E-state index in [9.17, 15) is 4.39 Å². The molecule has 1 saturated carbocycles. The lowest BCUT2D eigenvalue weighted by molar-refractivity contribution is -0.0322. The molecule has 1 aromatic rings. The number of rotatable bonds is 2. The lowest BCUT2D eigenvalue weighted by atomic mass is 9.84. The Morgan fingerprint density at radius 3 is 2.47 bits per heavy atom. The number of hydrogen-bond donors (Lipinski definition) is 1. The molecule has 3 heteroatoms. The summed E-state index contributed by atoms with van der Waals surface area (Å²) in [5, 5.41) is 0. The Morgan fingerprint density at radius 1 is 1.16 bits per heavy atom. The molecule has 1 heterocycles. The molecule has 0 radical (unpaired) electrons. The molecule has 1 spiro atoms. The predicted octanol–water partition coefficient (Wildman–Crippen LogP) is 3.27. The third-order valence-electron chi connectivity index (χ3n) is 4.43. The molecule has 0 bridgehead atoms. The van der Waals surface area contributed by atoms with E-state index in [0.717, 1.165) is 30.4 Å². The van der Waals surface area contributed by atoms with Crippen molar-refractivity contribution in [2.45, 2.75) is 37.7 Å². The zero-order valence-corrected chi connectivity index (χ0v) is 11.1. The van der Waals surface area contributed by atoms with E-state index in [1.54, 1.807) is 0 Å². The molecule has 0 aromatic heterocycles. The van der Waals surface area contributed by atoms with Crippen molar-refractivity contribution in [1.82, 2.24) is 0 Å². The Balaban J connectivity index is 1.94. The summed E-state index contributed by atoms with van der Waals surface area (Å²) >= 11 is 0. The summed E-state index contributed by atoms with van der Waals surface area (Å²) in [5.41, 5.74) is 9.38. The Morgan fingerprint density at radius 2 is 1.84 bits per heavy atom. The number of ether oxygens (including phenoxy) is 1. The van der Waals surface area contributed by atoms with Crippen LogP contribution >= 0.6 is 0 Å². The van der Waals surface area contributed by atoms with Gasteiger partial charge in [-0.3, -0.25) is 0 Å². The highest BCUT2D eigenvalue weighted by atomic mass is 19.1. The maximum atomic E-state index is 13.1. The van der Waals surface area contributed by atoms with Crippen LogP contribution in [0.15, 0.2) is 29.8 Å². The molecule has 0 unspecified atom stereocenters. The van der Waals surface area contributed by atoms with Crippen LogP contribution in [0, 0.1) is 5.82 Å². The number of halogens is 1. The summed E-state index contributed by atoms with van der Waals surface area (Å²) in [5.74, 6) is -0.193. The van der Waals surface area contributed by atoms with E-state index in [0.29, 0.717) is 13.2 Å². The van der Waals surface area contributed by atoms with Gasteiger partial charge in [-0.25, -0.2) is 4.39 Å². The van der Waals surface area contributed by atoms with E-state index in [1.165, 1.54) is 30.5 Å². The molecule has 1 fully saturated rings. The first-order chi connectivity index (χ1) is 9.22. The van der Waals surface area contributed by atoms with Crippen LogP contribution < -0.4 is 5.73 Å². The van der Waals surface area contributed by atoms with Gasteiger partial charge in [0.1, 0.15) is 5.82 Å². The average molecular weight is 261 g/mol. The molecule has 3 rings (SSSR count). The van der Waals surface area contributed by atoms with Gasteiger partial charge in [0.05, 0.1) is 12.2 Å². The predicted molar refractivity (Wildman–Crippen MR) is 74.1 cm³/mol. The number of benzene rings is 1. The van der Waals surface area contributed by atoms with E-state index >= 15 is 0 Å². The molecule has 2 aliphatic rings. The van der Waals surface area contributed by atoms with Gasteiger partial charge in [-0.2, -0.15) is 0 Å². The topological polar surface area (TPSA) is 35.2 Å². The Kier molecular flexibility index (Phi) is 3.42. The minimum atomic E-state index is -0.193. The molecule has 2 N–H and O–H groups in total. The minimum absolute atomic E-state index is 0.0163. The van der Waals surface area contributed by atoms with Gasteiger partial charge in [0.25, 0.3) is 0 Å². The van der Waals surface area contributed by atoms with E-state index in [4.69, 9.17) is 10.5 Å². The Labute approximate surface area is 113 Å². The first-order valence-electron chi connectivity index (χ1n) is 7.03. The van der Waals surface area contributed by atoms with E-state index < -0.39 is 0 Å². The van der Waals surface area contributed by atoms with Crippen LogP contribution in [0.3, 0.4) is 0 Å². The highest BCUT2D eigenvalue weighted by Gasteiger charge is 2.39. The smallest absolute Gasteiger partial charge is 0.123 e. The molecule has 102 valence electrons. The highest BCUT2D eigenvalue weighted by Crippen LogP contribution is 2.44. The number of hydrogen-bond acceptors (Lipinski definition) is 2. The maximum Gasteiger partial charge on any atom is 0.123 e. The summed E-state index contributed by atoms with van der Waals surface area (Å²) < 4.78 is 19.2. The third kappa shape index (κ3) is 2.45. The van der Waals surface area contributed by atoms with Crippen molar-refractivity contribution >= 4 is 5.57 Å². The standard InChI is InChI=1S/C16H20FNO/c17-14-5-3-12(4-6-14)15-9-16(7-1-2-8-16)19-11-13(15)10-18/h3-6H,1-2,7-11,18H2. The van der Waals surface area contributed by atoms with E-state index in [1.807, 2.05) is 12.1 Å². The fraction of sp³-hybridized carbons (Fsp3) is 0.500. The average Bonchev–Trinajstić information content (AvgIpc) is 2.88. The minimum Gasteiger partial charge on any atom is -0.370 e. The largest absolute Gasteiger partial charge is 0.370 e. The van der Waals surface area contributed by atoms with Crippen molar-refractivity contribution in [1.29, 1.82) is 0 Å². The Bertz CT molecular complexity index is 486. The second-order valence-corrected chi connectivity index (χ2v) is 5.65. The lowest BCUT2D eigenvalue weighted by Gasteiger charge is -2.36. The molecule has 0 amide bonds. The normalized spacial score (nSPS) is 22.2. The molecule has 19 heavy (non-hydrogen) atoms. The van der Waals surface area contributed by atoms with Gasteiger partial charge in [-0.1, -0.05) is 25.0 Å². The Hall–Kier alpha value is -1.19. The van der Waals surface area contributed by atoms with Gasteiger partial charge in [0.15, 0.2) is 0 Å². The quantitative estimate of drug-likeness (QED) is 0.886. The summed E-state index contributed by atoms with van der Waals surface area (Å²) in [7, 11) is 0. The summed E-state index contributed by atoms with van der Waals surface area (Å²) in [6.45, 7) is 1.14. The third-order valence-corrected chi connectivity index (χ3v) is 4.43. The van der Waals surface area contributed by atoms with E-state index in [2.05, 4.69) is 0 Å². The SMILES string of the molecule is NCC1=C(c2ccc(F)cc2)CC2(CCCC2)OC1. The van der Waals surface area contributed by atoms with Crippen LogP contribution in [0.5, 0.6) is 0 Å². The van der Waals surface area contributed by atoms with Crippen LogP contribution in [0.1, 0.15) is 37.7 Å². The number of nitrogens with two attached hydrogens (primary N) is 1. The highest BCUT2D eigenvalue weighted by molar-refractivity contribution is 5.70. The second-order valence-electron chi connectivity index (χ2n) is 5.65. The van der Waals surface area contributed by atoms with E-state index in [-0.39, 0.29) is 11.4 Å². The summed E-state index contributed by atoms with van der Waals surface area (Å²) in [4.78, 5) is 0. The molecule has 1 aliphatic carbocycles. The van der Waals surface area contributed by atoms with Gasteiger partial charge in [0.2, 0.25) is 0 Å². The van der Waals surface area contributed by atoms with Gasteiger partial charge in [-0.15, -0.1) is 0 Å². The molecule has 2 nitrogen and oxygen atoms in total. The van der Waals surface area contributed by atoms with Crippen LogP contribution in [0.25, 0.3) is 5.57 Å². The van der Waals surface area contributed by atoms with Gasteiger partial charge in [-0.05, 0) is 41.7 Å². The second kappa shape index (κ2) is 5.06. The van der Waals surface area contributed by atoms with Crippen molar-refractivity contribution in [2.75, 3.05) is 13.2 Å². The van der Waals surface area contributed by atoms with Crippen molar-refractivity contribution in [3.8, 4) is 0 Å². The molecule has 0 saturated heterocycles. The fourth-order valence-corrected chi connectivity index (χ4v) is 3.31. The van der Waals surface area contributed by atoms with Crippen LogP contribution in [0.4, 0.5) is 4.39 Å². The zero-order valence-electron chi connectivity index (χ0n) is 11.1.